The lowest BCUT2D eigenvalue weighted by molar-refractivity contribution is -0.167. The molecular weight excluding hydrogens is 769 g/mol. The van der Waals surface area contributed by atoms with Gasteiger partial charge in [0.25, 0.3) is 0 Å². The predicted molar refractivity (Wildman–Crippen MR) is 265 cm³/mol. The number of rotatable bonds is 47. The summed E-state index contributed by atoms with van der Waals surface area (Å²) >= 11 is 0. The van der Waals surface area contributed by atoms with Gasteiger partial charge in [0.15, 0.2) is 6.10 Å². The third kappa shape index (κ3) is 48.1. The molecule has 0 aromatic carbocycles. The van der Waals surface area contributed by atoms with Crippen molar-refractivity contribution in [1.82, 2.24) is 0 Å². The zero-order valence-electron chi connectivity index (χ0n) is 40.9. The van der Waals surface area contributed by atoms with Crippen LogP contribution in [0.25, 0.3) is 0 Å². The summed E-state index contributed by atoms with van der Waals surface area (Å²) in [5.74, 6) is -0.897. The standard InChI is InChI=1S/C56H98O6/c1-4-7-10-13-16-19-22-25-27-28-29-30-32-34-37-40-43-46-49-55(58)61-52-53(51-60-54(57)48-45-42-39-36-33-24-21-18-15-12-9-6-3)62-56(59)50-47-44-41-38-35-31-26-23-20-17-14-11-8-5-2/h10,13,16,19,22,25,27-30,53H,4-9,11-12,14-15,17-18,20-21,23-24,26,31-52H2,1-3H3/b13-10-,19-16-,25-22-,28-27-,30-29-. The Morgan fingerprint density at radius 3 is 0.968 bits per heavy atom. The molecule has 0 saturated carbocycles. The fourth-order valence-corrected chi connectivity index (χ4v) is 7.41. The summed E-state index contributed by atoms with van der Waals surface area (Å²) in [6, 6.07) is 0. The van der Waals surface area contributed by atoms with E-state index in [1.165, 1.54) is 135 Å². The van der Waals surface area contributed by atoms with Gasteiger partial charge >= 0.3 is 17.9 Å². The molecule has 0 rings (SSSR count). The van der Waals surface area contributed by atoms with Crippen molar-refractivity contribution in [2.45, 2.75) is 264 Å². The number of hydrogen-bond acceptors (Lipinski definition) is 6. The normalized spacial score (nSPS) is 12.5. The number of carbonyl (C=O) groups is 3. The third-order valence-corrected chi connectivity index (χ3v) is 11.4. The second kappa shape index (κ2) is 50.8. The van der Waals surface area contributed by atoms with Crippen LogP contribution >= 0.6 is 0 Å². The van der Waals surface area contributed by atoms with Gasteiger partial charge in [-0.05, 0) is 38.5 Å². The molecule has 0 aliphatic carbocycles. The Hall–Kier alpha value is -2.89. The van der Waals surface area contributed by atoms with E-state index in [4.69, 9.17) is 14.2 Å². The Morgan fingerprint density at radius 1 is 0.323 bits per heavy atom. The Kier molecular flexibility index (Phi) is 48.4. The maximum Gasteiger partial charge on any atom is 0.306 e. The molecule has 0 aliphatic heterocycles. The highest BCUT2D eigenvalue weighted by Gasteiger charge is 2.19. The molecule has 358 valence electrons. The van der Waals surface area contributed by atoms with Crippen molar-refractivity contribution in [1.29, 1.82) is 0 Å². The van der Waals surface area contributed by atoms with Gasteiger partial charge in [-0.25, -0.2) is 0 Å². The predicted octanol–water partition coefficient (Wildman–Crippen LogP) is 17.3. The maximum absolute atomic E-state index is 12.8. The molecule has 0 radical (unpaired) electrons. The lowest BCUT2D eigenvalue weighted by Crippen LogP contribution is -2.30. The number of ether oxygens (including phenoxy) is 3. The van der Waals surface area contributed by atoms with E-state index >= 15 is 0 Å². The zero-order chi connectivity index (χ0) is 45.1. The van der Waals surface area contributed by atoms with Crippen molar-refractivity contribution in [2.24, 2.45) is 0 Å². The molecule has 0 fully saturated rings. The molecule has 62 heavy (non-hydrogen) atoms. The Labute approximate surface area is 383 Å². The van der Waals surface area contributed by atoms with Crippen LogP contribution < -0.4 is 0 Å². The summed E-state index contributed by atoms with van der Waals surface area (Å²) in [5.41, 5.74) is 0. The molecule has 0 N–H and O–H groups in total. The van der Waals surface area contributed by atoms with Crippen LogP contribution in [0.2, 0.25) is 0 Å². The molecular formula is C56H98O6. The molecule has 0 spiro atoms. The summed E-state index contributed by atoms with van der Waals surface area (Å²) in [6.45, 7) is 6.54. The number of allylic oxidation sites excluding steroid dienone is 10. The molecule has 0 aromatic rings. The topological polar surface area (TPSA) is 78.9 Å². The molecule has 0 aliphatic rings. The van der Waals surface area contributed by atoms with Crippen molar-refractivity contribution < 1.29 is 28.6 Å². The van der Waals surface area contributed by atoms with E-state index in [2.05, 4.69) is 57.2 Å². The molecule has 0 bridgehead atoms. The van der Waals surface area contributed by atoms with Crippen molar-refractivity contribution >= 4 is 17.9 Å². The van der Waals surface area contributed by atoms with Gasteiger partial charge < -0.3 is 14.2 Å². The first-order chi connectivity index (χ1) is 30.5. The fourth-order valence-electron chi connectivity index (χ4n) is 7.41. The lowest BCUT2D eigenvalue weighted by atomic mass is 10.0. The van der Waals surface area contributed by atoms with Gasteiger partial charge in [-0.15, -0.1) is 0 Å². The second-order valence-electron chi connectivity index (χ2n) is 17.6. The van der Waals surface area contributed by atoms with Gasteiger partial charge in [0, 0.05) is 19.3 Å². The first-order valence-electron chi connectivity index (χ1n) is 26.4. The summed E-state index contributed by atoms with van der Waals surface area (Å²) < 4.78 is 16.8. The highest BCUT2D eigenvalue weighted by atomic mass is 16.6. The summed E-state index contributed by atoms with van der Waals surface area (Å²) in [6.07, 6.45) is 61.9. The SMILES string of the molecule is CCC\C=C/C=C\C=C/C=C\C=C/CCCCCCCC(=O)OCC(COC(=O)CCCCCCCCCCCCCC)OC(=O)CCCCCCCCCCCCCCCC. The van der Waals surface area contributed by atoms with Gasteiger partial charge in [0.05, 0.1) is 0 Å². The van der Waals surface area contributed by atoms with E-state index in [1.807, 2.05) is 24.3 Å². The molecule has 6 nitrogen and oxygen atoms in total. The third-order valence-electron chi connectivity index (χ3n) is 11.4. The van der Waals surface area contributed by atoms with Gasteiger partial charge in [-0.3, -0.25) is 14.4 Å². The largest absolute Gasteiger partial charge is 0.462 e. The van der Waals surface area contributed by atoms with Crippen LogP contribution in [0.15, 0.2) is 60.8 Å². The van der Waals surface area contributed by atoms with Gasteiger partial charge in [0.2, 0.25) is 0 Å². The van der Waals surface area contributed by atoms with Gasteiger partial charge in [0.1, 0.15) is 13.2 Å². The quantitative estimate of drug-likeness (QED) is 0.0262. The molecule has 1 atom stereocenters. The summed E-state index contributed by atoms with van der Waals surface area (Å²) in [7, 11) is 0. The fraction of sp³-hybridized carbons (Fsp3) is 0.768. The van der Waals surface area contributed by atoms with Gasteiger partial charge in [-0.2, -0.15) is 0 Å². The number of hydrogen-bond donors (Lipinski definition) is 0. The van der Waals surface area contributed by atoms with E-state index in [0.29, 0.717) is 19.3 Å². The second-order valence-corrected chi connectivity index (χ2v) is 17.6. The first-order valence-corrected chi connectivity index (χ1v) is 26.4. The van der Waals surface area contributed by atoms with Crippen LogP contribution in [0.5, 0.6) is 0 Å². The van der Waals surface area contributed by atoms with Gasteiger partial charge in [-0.1, -0.05) is 261 Å². The average molecular weight is 867 g/mol. The molecule has 0 saturated heterocycles. The van der Waals surface area contributed by atoms with Crippen LogP contribution in [0.1, 0.15) is 258 Å². The van der Waals surface area contributed by atoms with Crippen molar-refractivity contribution in [2.75, 3.05) is 13.2 Å². The first kappa shape index (κ1) is 59.1. The van der Waals surface area contributed by atoms with Crippen LogP contribution in [0.4, 0.5) is 0 Å². The Bertz CT molecular complexity index is 1130. The Morgan fingerprint density at radius 2 is 0.613 bits per heavy atom. The summed E-state index contributed by atoms with van der Waals surface area (Å²) in [5, 5.41) is 0. The zero-order valence-corrected chi connectivity index (χ0v) is 40.9. The summed E-state index contributed by atoms with van der Waals surface area (Å²) in [4.78, 5) is 38.0. The van der Waals surface area contributed by atoms with E-state index < -0.39 is 6.10 Å². The van der Waals surface area contributed by atoms with Crippen molar-refractivity contribution in [3.05, 3.63) is 60.8 Å². The smallest absolute Gasteiger partial charge is 0.306 e. The molecule has 0 aromatic heterocycles. The lowest BCUT2D eigenvalue weighted by Gasteiger charge is -2.18. The number of carbonyl (C=O) groups excluding carboxylic acids is 3. The van der Waals surface area contributed by atoms with E-state index in [0.717, 1.165) is 83.5 Å². The van der Waals surface area contributed by atoms with E-state index in [9.17, 15) is 14.4 Å². The van der Waals surface area contributed by atoms with Crippen molar-refractivity contribution in [3.8, 4) is 0 Å². The maximum atomic E-state index is 12.8. The van der Waals surface area contributed by atoms with Crippen LogP contribution in [0, 0.1) is 0 Å². The minimum atomic E-state index is -0.780. The van der Waals surface area contributed by atoms with E-state index in [1.54, 1.807) is 0 Å². The highest BCUT2D eigenvalue weighted by Crippen LogP contribution is 2.16. The average Bonchev–Trinajstić information content (AvgIpc) is 3.27. The molecule has 0 heterocycles. The minimum absolute atomic E-state index is 0.0792. The highest BCUT2D eigenvalue weighted by molar-refractivity contribution is 5.71. The van der Waals surface area contributed by atoms with Crippen molar-refractivity contribution in [3.63, 3.8) is 0 Å². The Balaban J connectivity index is 4.41. The van der Waals surface area contributed by atoms with Crippen LogP contribution in [-0.2, 0) is 28.6 Å². The molecule has 0 amide bonds. The van der Waals surface area contributed by atoms with Crippen LogP contribution in [0.3, 0.4) is 0 Å². The molecule has 1 unspecified atom stereocenters. The molecule has 6 heteroatoms. The van der Waals surface area contributed by atoms with Crippen LogP contribution in [-0.4, -0.2) is 37.2 Å². The van der Waals surface area contributed by atoms with E-state index in [-0.39, 0.29) is 31.1 Å². The minimum Gasteiger partial charge on any atom is -0.462 e. The number of unbranched alkanes of at least 4 members (excludes halogenated alkanes) is 30. The number of esters is 3. The monoisotopic (exact) mass is 867 g/mol.